The van der Waals surface area contributed by atoms with Crippen LogP contribution in [0.3, 0.4) is 0 Å². The van der Waals surface area contributed by atoms with Gasteiger partial charge in [0.1, 0.15) is 0 Å². The highest BCUT2D eigenvalue weighted by molar-refractivity contribution is 6.33. The molecule has 118 valence electrons. The highest BCUT2D eigenvalue weighted by atomic mass is 35.5. The van der Waals surface area contributed by atoms with Crippen LogP contribution in [-0.2, 0) is 9.59 Å². The predicted molar refractivity (Wildman–Crippen MR) is 93.0 cm³/mol. The summed E-state index contributed by atoms with van der Waals surface area (Å²) in [4.78, 5) is 24.9. The molecule has 2 N–H and O–H groups in total. The number of benzene rings is 2. The van der Waals surface area contributed by atoms with Gasteiger partial charge in [0.2, 0.25) is 0 Å². The van der Waals surface area contributed by atoms with Crippen molar-refractivity contribution in [3.63, 3.8) is 0 Å². The van der Waals surface area contributed by atoms with Gasteiger partial charge in [-0.25, -0.2) is 0 Å². The van der Waals surface area contributed by atoms with Crippen molar-refractivity contribution in [1.29, 1.82) is 0 Å². The van der Waals surface area contributed by atoms with Crippen LogP contribution < -0.4 is 10.6 Å². The lowest BCUT2D eigenvalue weighted by Gasteiger charge is -2.07. The Hall–Kier alpha value is -2.56. The van der Waals surface area contributed by atoms with Gasteiger partial charge in [-0.15, -0.1) is 0 Å². The summed E-state index contributed by atoms with van der Waals surface area (Å²) in [6.07, 6.45) is 0. The second kappa shape index (κ2) is 5.51. The standard InChI is InChI=1S/C18H10Cl2N2O2/c19-11-5-1-3-9(7-11)15-13-14(18(24)21-15)16(22-17(13)23)10-4-2-6-12(20)8-10/h1-8H,(H,21,24)(H,22,23). The molecule has 0 unspecified atom stereocenters. The zero-order valence-corrected chi connectivity index (χ0v) is 13.7. The van der Waals surface area contributed by atoms with Crippen LogP contribution >= 0.6 is 23.2 Å². The molecule has 0 fully saturated rings. The zero-order valence-electron chi connectivity index (χ0n) is 12.2. The Kier molecular flexibility index (Phi) is 3.44. The van der Waals surface area contributed by atoms with Gasteiger partial charge in [0.25, 0.3) is 11.8 Å². The fourth-order valence-electron chi connectivity index (χ4n) is 2.90. The van der Waals surface area contributed by atoms with Crippen molar-refractivity contribution in [2.24, 2.45) is 0 Å². The third-order valence-electron chi connectivity index (χ3n) is 3.91. The number of hydrogen-bond acceptors (Lipinski definition) is 2. The van der Waals surface area contributed by atoms with E-state index in [0.29, 0.717) is 43.7 Å². The second-order valence-electron chi connectivity index (χ2n) is 5.43. The first-order chi connectivity index (χ1) is 11.5. The zero-order chi connectivity index (χ0) is 16.8. The average Bonchev–Trinajstić information content (AvgIpc) is 3.07. The molecule has 6 heteroatoms. The van der Waals surface area contributed by atoms with Gasteiger partial charge in [0, 0.05) is 21.2 Å². The van der Waals surface area contributed by atoms with E-state index in [1.165, 1.54) is 0 Å². The van der Waals surface area contributed by atoms with E-state index in [0.717, 1.165) is 0 Å². The number of carbonyl (C=O) groups excluding carboxylic acids is 2. The molecule has 2 aromatic carbocycles. The van der Waals surface area contributed by atoms with Gasteiger partial charge in [0.05, 0.1) is 22.5 Å². The first-order valence-corrected chi connectivity index (χ1v) is 7.93. The fourth-order valence-corrected chi connectivity index (χ4v) is 3.28. The van der Waals surface area contributed by atoms with Crippen LogP contribution in [-0.4, -0.2) is 11.8 Å². The minimum absolute atomic E-state index is 0.326. The van der Waals surface area contributed by atoms with Gasteiger partial charge >= 0.3 is 0 Å². The molecular formula is C18H10Cl2N2O2. The normalized spacial score (nSPS) is 16.4. The van der Waals surface area contributed by atoms with E-state index < -0.39 is 0 Å². The van der Waals surface area contributed by atoms with Crippen molar-refractivity contribution in [2.75, 3.05) is 0 Å². The Morgan fingerprint density at radius 3 is 1.46 bits per heavy atom. The van der Waals surface area contributed by atoms with Gasteiger partial charge in [0.15, 0.2) is 0 Å². The summed E-state index contributed by atoms with van der Waals surface area (Å²) >= 11 is 12.0. The van der Waals surface area contributed by atoms with Crippen molar-refractivity contribution in [1.82, 2.24) is 10.6 Å². The molecule has 2 aliphatic heterocycles. The average molecular weight is 357 g/mol. The van der Waals surface area contributed by atoms with Crippen LogP contribution in [0.1, 0.15) is 11.1 Å². The Balaban J connectivity index is 1.92. The topological polar surface area (TPSA) is 58.2 Å². The number of carbonyl (C=O) groups is 2. The molecule has 2 aliphatic rings. The van der Waals surface area contributed by atoms with E-state index in [1.807, 2.05) is 0 Å². The fraction of sp³-hybridized carbons (Fsp3) is 0. The number of rotatable bonds is 2. The summed E-state index contributed by atoms with van der Waals surface area (Å²) in [6.45, 7) is 0. The number of nitrogens with one attached hydrogen (secondary N) is 2. The molecule has 0 aromatic heterocycles. The quantitative estimate of drug-likeness (QED) is 0.866. The number of hydrogen-bond donors (Lipinski definition) is 2. The van der Waals surface area contributed by atoms with Crippen molar-refractivity contribution in [3.05, 3.63) is 80.8 Å². The molecule has 2 aromatic rings. The molecule has 4 rings (SSSR count). The summed E-state index contributed by atoms with van der Waals surface area (Å²) in [5.41, 5.74) is 2.96. The summed E-state index contributed by atoms with van der Waals surface area (Å²) in [5, 5.41) is 6.61. The number of halogens is 2. The van der Waals surface area contributed by atoms with E-state index in [-0.39, 0.29) is 11.8 Å². The summed E-state index contributed by atoms with van der Waals surface area (Å²) < 4.78 is 0. The minimum Gasteiger partial charge on any atom is -0.321 e. The Bertz CT molecular complexity index is 897. The molecule has 0 aliphatic carbocycles. The van der Waals surface area contributed by atoms with Gasteiger partial charge in [-0.05, 0) is 24.3 Å². The lowest BCUT2D eigenvalue weighted by atomic mass is 10.0. The molecule has 0 saturated carbocycles. The third-order valence-corrected chi connectivity index (χ3v) is 4.38. The molecule has 0 saturated heterocycles. The van der Waals surface area contributed by atoms with Crippen LogP contribution in [0.4, 0.5) is 0 Å². The SMILES string of the molecule is O=C1NC(c2cccc(Cl)c2)=C2C(=O)NC(c3cccc(Cl)c3)=C12. The molecular weight excluding hydrogens is 347 g/mol. The van der Waals surface area contributed by atoms with Crippen LogP contribution in [0.15, 0.2) is 59.7 Å². The predicted octanol–water partition coefficient (Wildman–Crippen LogP) is 3.38. The van der Waals surface area contributed by atoms with Gasteiger partial charge in [-0.2, -0.15) is 0 Å². The molecule has 4 nitrogen and oxygen atoms in total. The van der Waals surface area contributed by atoms with Crippen molar-refractivity contribution in [2.45, 2.75) is 0 Å². The van der Waals surface area contributed by atoms with Gasteiger partial charge < -0.3 is 10.6 Å². The molecule has 0 spiro atoms. The lowest BCUT2D eigenvalue weighted by molar-refractivity contribution is -0.117. The Morgan fingerprint density at radius 1 is 0.667 bits per heavy atom. The molecule has 2 heterocycles. The third kappa shape index (κ3) is 2.31. The van der Waals surface area contributed by atoms with Crippen molar-refractivity contribution in [3.8, 4) is 0 Å². The highest BCUT2D eigenvalue weighted by Gasteiger charge is 2.40. The van der Waals surface area contributed by atoms with Gasteiger partial charge in [-0.1, -0.05) is 47.5 Å². The summed E-state index contributed by atoms with van der Waals surface area (Å²) in [6, 6.07) is 14.0. The molecule has 2 amide bonds. The maximum Gasteiger partial charge on any atom is 0.258 e. The molecule has 24 heavy (non-hydrogen) atoms. The van der Waals surface area contributed by atoms with E-state index in [2.05, 4.69) is 10.6 Å². The second-order valence-corrected chi connectivity index (χ2v) is 6.30. The molecule has 0 bridgehead atoms. The molecule has 0 radical (unpaired) electrons. The van der Waals surface area contributed by atoms with E-state index in [1.54, 1.807) is 48.5 Å². The van der Waals surface area contributed by atoms with Crippen molar-refractivity contribution < 1.29 is 9.59 Å². The highest BCUT2D eigenvalue weighted by Crippen LogP contribution is 2.37. The van der Waals surface area contributed by atoms with E-state index >= 15 is 0 Å². The van der Waals surface area contributed by atoms with E-state index in [9.17, 15) is 9.59 Å². The first kappa shape index (κ1) is 15.0. The maximum atomic E-state index is 12.5. The summed E-state index contributed by atoms with van der Waals surface area (Å²) in [7, 11) is 0. The van der Waals surface area contributed by atoms with Crippen LogP contribution in [0.5, 0.6) is 0 Å². The minimum atomic E-state index is -0.326. The Morgan fingerprint density at radius 2 is 1.08 bits per heavy atom. The number of amides is 2. The largest absolute Gasteiger partial charge is 0.321 e. The lowest BCUT2D eigenvalue weighted by Crippen LogP contribution is -2.21. The van der Waals surface area contributed by atoms with Gasteiger partial charge in [-0.3, -0.25) is 9.59 Å². The smallest absolute Gasteiger partial charge is 0.258 e. The van der Waals surface area contributed by atoms with Crippen LogP contribution in [0, 0.1) is 0 Å². The molecule has 0 atom stereocenters. The maximum absolute atomic E-state index is 12.5. The number of fused-ring (bicyclic) bond motifs is 1. The Labute approximate surface area is 147 Å². The van der Waals surface area contributed by atoms with Crippen LogP contribution in [0.2, 0.25) is 10.0 Å². The summed E-state index contributed by atoms with van der Waals surface area (Å²) in [5.74, 6) is -0.651. The monoisotopic (exact) mass is 356 g/mol. The first-order valence-electron chi connectivity index (χ1n) is 7.18. The van der Waals surface area contributed by atoms with Crippen LogP contribution in [0.25, 0.3) is 11.4 Å². The van der Waals surface area contributed by atoms with Crippen molar-refractivity contribution >= 4 is 46.4 Å². The van der Waals surface area contributed by atoms with E-state index in [4.69, 9.17) is 23.2 Å².